The van der Waals surface area contributed by atoms with Crippen molar-refractivity contribution in [2.75, 3.05) is 19.0 Å². The van der Waals surface area contributed by atoms with Gasteiger partial charge in [0.25, 0.3) is 0 Å². The Balaban J connectivity index is 1.72. The Morgan fingerprint density at radius 2 is 2.10 bits per heavy atom. The average Bonchev–Trinajstić information content (AvgIpc) is 2.82. The number of hydrogen-bond acceptors (Lipinski definition) is 5. The number of aromatic amines is 1. The van der Waals surface area contributed by atoms with E-state index in [-0.39, 0.29) is 6.42 Å². The molecule has 0 unspecified atom stereocenters. The van der Waals surface area contributed by atoms with Crippen LogP contribution in [0.25, 0.3) is 11.0 Å². The van der Waals surface area contributed by atoms with Gasteiger partial charge in [0.1, 0.15) is 13.2 Å². The van der Waals surface area contributed by atoms with Gasteiger partial charge in [-0.3, -0.25) is 4.79 Å². The summed E-state index contributed by atoms with van der Waals surface area (Å²) in [6.45, 7) is 1.11. The van der Waals surface area contributed by atoms with E-state index < -0.39 is 5.97 Å². The molecule has 1 aliphatic rings. The molecular weight excluding hydrogens is 280 g/mol. The third kappa shape index (κ3) is 2.82. The van der Waals surface area contributed by atoms with Crippen LogP contribution in [0.1, 0.15) is 12.8 Å². The van der Waals surface area contributed by atoms with Crippen LogP contribution in [-0.4, -0.2) is 40.0 Å². The minimum Gasteiger partial charge on any atom is -0.486 e. The standard InChI is InChI=1S/C13H14N2O4S/c16-12(17)2-1-5-20-13-14-8-6-10-11(7-9(8)15-13)19-4-3-18-10/h6-7H,1-5H2,(H,14,15)(H,16,17). The first kappa shape index (κ1) is 13.1. The minimum absolute atomic E-state index is 0.184. The quantitative estimate of drug-likeness (QED) is 0.650. The number of imidazole rings is 1. The highest BCUT2D eigenvalue weighted by atomic mass is 32.2. The predicted octanol–water partition coefficient (Wildman–Crippen LogP) is 2.29. The second-order valence-corrected chi connectivity index (χ2v) is 5.48. The van der Waals surface area contributed by atoms with E-state index in [1.807, 2.05) is 12.1 Å². The van der Waals surface area contributed by atoms with Crippen LogP contribution in [0.2, 0.25) is 0 Å². The number of fused-ring (bicyclic) bond motifs is 2. The van der Waals surface area contributed by atoms with Gasteiger partial charge in [-0.15, -0.1) is 0 Å². The number of carboxylic acid groups (broad SMARTS) is 1. The molecule has 0 atom stereocenters. The third-order valence-corrected chi connectivity index (χ3v) is 3.86. The molecule has 20 heavy (non-hydrogen) atoms. The number of rotatable bonds is 5. The molecule has 0 amide bonds. The summed E-state index contributed by atoms with van der Waals surface area (Å²) < 4.78 is 11.0. The van der Waals surface area contributed by atoms with Gasteiger partial charge in [0.2, 0.25) is 0 Å². The highest BCUT2D eigenvalue weighted by molar-refractivity contribution is 7.99. The molecule has 0 saturated heterocycles. The van der Waals surface area contributed by atoms with Gasteiger partial charge in [-0.05, 0) is 6.42 Å². The van der Waals surface area contributed by atoms with Gasteiger partial charge in [-0.25, -0.2) is 4.98 Å². The lowest BCUT2D eigenvalue weighted by Crippen LogP contribution is -2.15. The average molecular weight is 294 g/mol. The second kappa shape index (κ2) is 5.62. The molecule has 3 rings (SSSR count). The number of H-pyrrole nitrogens is 1. The Bertz CT molecular complexity index is 598. The van der Waals surface area contributed by atoms with Crippen molar-refractivity contribution in [1.82, 2.24) is 9.97 Å². The summed E-state index contributed by atoms with van der Waals surface area (Å²) in [6, 6.07) is 3.75. The van der Waals surface area contributed by atoms with Crippen molar-refractivity contribution in [3.05, 3.63) is 12.1 Å². The molecule has 2 heterocycles. The molecule has 0 fully saturated rings. The smallest absolute Gasteiger partial charge is 0.303 e. The molecule has 0 spiro atoms. The van der Waals surface area contributed by atoms with E-state index in [2.05, 4.69) is 9.97 Å². The molecule has 2 N–H and O–H groups in total. The number of benzene rings is 1. The Kier molecular flexibility index (Phi) is 3.68. The summed E-state index contributed by atoms with van der Waals surface area (Å²) in [5, 5.41) is 9.37. The zero-order valence-electron chi connectivity index (χ0n) is 10.7. The molecule has 6 nitrogen and oxygen atoms in total. The molecule has 2 aromatic rings. The predicted molar refractivity (Wildman–Crippen MR) is 74.7 cm³/mol. The SMILES string of the molecule is O=C(O)CCCSc1nc2cc3c(cc2[nH]1)OCCO3. The van der Waals surface area contributed by atoms with Crippen LogP contribution in [0, 0.1) is 0 Å². The molecule has 1 aromatic heterocycles. The van der Waals surface area contributed by atoms with E-state index in [0.29, 0.717) is 19.6 Å². The third-order valence-electron chi connectivity index (χ3n) is 2.90. The molecule has 0 bridgehead atoms. The van der Waals surface area contributed by atoms with E-state index in [1.54, 1.807) is 0 Å². The molecule has 0 saturated carbocycles. The molecule has 0 aliphatic carbocycles. The van der Waals surface area contributed by atoms with Crippen molar-refractivity contribution in [2.45, 2.75) is 18.0 Å². The fourth-order valence-electron chi connectivity index (χ4n) is 1.98. The van der Waals surface area contributed by atoms with Gasteiger partial charge in [0.15, 0.2) is 16.7 Å². The lowest BCUT2D eigenvalue weighted by atomic mass is 10.2. The fourth-order valence-corrected chi connectivity index (χ4v) is 2.81. The topological polar surface area (TPSA) is 84.4 Å². The fraction of sp³-hybridized carbons (Fsp3) is 0.385. The van der Waals surface area contributed by atoms with E-state index in [1.165, 1.54) is 11.8 Å². The van der Waals surface area contributed by atoms with Gasteiger partial charge >= 0.3 is 5.97 Å². The maximum Gasteiger partial charge on any atom is 0.303 e. The second-order valence-electron chi connectivity index (χ2n) is 4.40. The number of nitrogens with one attached hydrogen (secondary N) is 1. The lowest BCUT2D eigenvalue weighted by molar-refractivity contribution is -0.137. The largest absolute Gasteiger partial charge is 0.486 e. The van der Waals surface area contributed by atoms with Crippen molar-refractivity contribution < 1.29 is 19.4 Å². The van der Waals surface area contributed by atoms with Crippen LogP contribution < -0.4 is 9.47 Å². The normalized spacial score (nSPS) is 13.6. The summed E-state index contributed by atoms with van der Waals surface area (Å²) in [5.74, 6) is 1.41. The Hall–Kier alpha value is -1.89. The van der Waals surface area contributed by atoms with E-state index in [4.69, 9.17) is 14.6 Å². The maximum absolute atomic E-state index is 10.4. The number of hydrogen-bond donors (Lipinski definition) is 2. The van der Waals surface area contributed by atoms with Crippen LogP contribution in [0.5, 0.6) is 11.5 Å². The van der Waals surface area contributed by atoms with Crippen LogP contribution in [-0.2, 0) is 4.79 Å². The van der Waals surface area contributed by atoms with E-state index >= 15 is 0 Å². The van der Waals surface area contributed by atoms with Gasteiger partial charge in [-0.1, -0.05) is 11.8 Å². The van der Waals surface area contributed by atoms with E-state index in [9.17, 15) is 4.79 Å². The van der Waals surface area contributed by atoms with Gasteiger partial charge < -0.3 is 19.6 Å². The highest BCUT2D eigenvalue weighted by Crippen LogP contribution is 2.34. The first-order valence-corrected chi connectivity index (χ1v) is 7.35. The molecule has 1 aliphatic heterocycles. The van der Waals surface area contributed by atoms with Crippen molar-refractivity contribution in [3.8, 4) is 11.5 Å². The lowest BCUT2D eigenvalue weighted by Gasteiger charge is -2.17. The number of aromatic nitrogens is 2. The molecule has 0 radical (unpaired) electrons. The number of nitrogens with zero attached hydrogens (tertiary/aromatic N) is 1. The first-order valence-electron chi connectivity index (χ1n) is 6.36. The van der Waals surface area contributed by atoms with Gasteiger partial charge in [0.05, 0.1) is 11.0 Å². The van der Waals surface area contributed by atoms with Crippen molar-refractivity contribution in [1.29, 1.82) is 0 Å². The zero-order chi connectivity index (χ0) is 13.9. The monoisotopic (exact) mass is 294 g/mol. The highest BCUT2D eigenvalue weighted by Gasteiger charge is 2.14. The minimum atomic E-state index is -0.767. The van der Waals surface area contributed by atoms with Crippen molar-refractivity contribution in [2.24, 2.45) is 0 Å². The van der Waals surface area contributed by atoms with Crippen molar-refractivity contribution >= 4 is 28.8 Å². The van der Waals surface area contributed by atoms with Crippen LogP contribution >= 0.6 is 11.8 Å². The summed E-state index contributed by atoms with van der Waals surface area (Å²) in [6.07, 6.45) is 0.809. The Morgan fingerprint density at radius 1 is 1.35 bits per heavy atom. The van der Waals surface area contributed by atoms with Crippen LogP contribution in [0.15, 0.2) is 17.3 Å². The number of aliphatic carboxylic acids is 1. The molecule has 106 valence electrons. The molecule has 1 aromatic carbocycles. The van der Waals surface area contributed by atoms with Crippen molar-refractivity contribution in [3.63, 3.8) is 0 Å². The van der Waals surface area contributed by atoms with E-state index in [0.717, 1.165) is 33.4 Å². The summed E-state index contributed by atoms with van der Waals surface area (Å²) >= 11 is 1.52. The van der Waals surface area contributed by atoms with Crippen LogP contribution in [0.4, 0.5) is 0 Å². The number of thioether (sulfide) groups is 1. The van der Waals surface area contributed by atoms with Gasteiger partial charge in [-0.2, -0.15) is 0 Å². The van der Waals surface area contributed by atoms with Gasteiger partial charge in [0, 0.05) is 24.3 Å². The maximum atomic E-state index is 10.4. The Morgan fingerprint density at radius 3 is 2.85 bits per heavy atom. The first-order chi connectivity index (χ1) is 9.72. The number of carboxylic acids is 1. The molecule has 7 heteroatoms. The Labute approximate surface area is 119 Å². The summed E-state index contributed by atoms with van der Waals surface area (Å²) in [7, 11) is 0. The summed E-state index contributed by atoms with van der Waals surface area (Å²) in [5.41, 5.74) is 1.73. The number of ether oxygens (including phenoxy) is 2. The zero-order valence-corrected chi connectivity index (χ0v) is 11.5. The summed E-state index contributed by atoms with van der Waals surface area (Å²) in [4.78, 5) is 18.1. The van der Waals surface area contributed by atoms with Crippen LogP contribution in [0.3, 0.4) is 0 Å². The molecular formula is C13H14N2O4S. The number of carbonyl (C=O) groups is 1.